The van der Waals surface area contributed by atoms with Gasteiger partial charge in [-0.2, -0.15) is 0 Å². The molecule has 1 unspecified atom stereocenters. The number of hydrogen-bond acceptors (Lipinski definition) is 6. The third-order valence-electron chi connectivity index (χ3n) is 6.06. The van der Waals surface area contributed by atoms with Crippen molar-refractivity contribution in [3.63, 3.8) is 0 Å². The first-order valence-electron chi connectivity index (χ1n) is 11.9. The molecule has 1 aliphatic carbocycles. The van der Waals surface area contributed by atoms with Crippen molar-refractivity contribution in [1.29, 1.82) is 0 Å². The first-order valence-corrected chi connectivity index (χ1v) is 13.0. The molecular weight excluding hydrogens is 478 g/mol. The van der Waals surface area contributed by atoms with Crippen LogP contribution < -0.4 is 10.2 Å². The average Bonchev–Trinajstić information content (AvgIpc) is 2.85. The summed E-state index contributed by atoms with van der Waals surface area (Å²) in [4.78, 5) is 55.3. The molecule has 4 rings (SSSR count). The lowest BCUT2D eigenvalue weighted by molar-refractivity contribution is -0.159. The number of esters is 1. The number of allylic oxidation sites excluding steroid dienone is 3. The normalized spacial score (nSPS) is 21.3. The second kappa shape index (κ2) is 10.3. The van der Waals surface area contributed by atoms with Gasteiger partial charge < -0.3 is 15.0 Å². The fraction of sp³-hybridized carbons (Fsp3) is 0.407. The molecule has 1 aromatic rings. The van der Waals surface area contributed by atoms with Crippen LogP contribution >= 0.6 is 11.8 Å². The maximum absolute atomic E-state index is 13.5. The molecule has 1 N–H and O–H groups in total. The fourth-order valence-electron chi connectivity index (χ4n) is 4.29. The molecule has 3 aliphatic rings. The van der Waals surface area contributed by atoms with Gasteiger partial charge in [0.05, 0.1) is 5.57 Å². The van der Waals surface area contributed by atoms with Crippen molar-refractivity contribution in [1.82, 2.24) is 10.2 Å². The molecule has 36 heavy (non-hydrogen) atoms. The van der Waals surface area contributed by atoms with E-state index >= 15 is 0 Å². The quantitative estimate of drug-likeness (QED) is 0.359. The number of nitrogens with one attached hydrogen (secondary N) is 1. The summed E-state index contributed by atoms with van der Waals surface area (Å²) in [5.41, 5.74) is 1.03. The molecule has 0 aromatic heterocycles. The first-order chi connectivity index (χ1) is 17.1. The molecule has 2 aliphatic heterocycles. The molecule has 1 saturated heterocycles. The van der Waals surface area contributed by atoms with Crippen LogP contribution in [0.1, 0.15) is 40.0 Å². The largest absolute Gasteiger partial charge is 0.455 e. The first kappa shape index (κ1) is 25.8. The highest BCUT2D eigenvalue weighted by atomic mass is 32.2. The van der Waals surface area contributed by atoms with Crippen LogP contribution in [-0.2, 0) is 23.9 Å². The second-order valence-electron chi connectivity index (χ2n) is 9.93. The minimum absolute atomic E-state index is 0.0444. The summed E-state index contributed by atoms with van der Waals surface area (Å²) in [7, 11) is 1.63. The Balaban J connectivity index is 1.57. The summed E-state index contributed by atoms with van der Waals surface area (Å²) in [6.07, 6.45) is 7.85. The predicted octanol–water partition coefficient (Wildman–Crippen LogP) is 3.31. The zero-order valence-corrected chi connectivity index (χ0v) is 21.8. The van der Waals surface area contributed by atoms with Gasteiger partial charge in [-0.3, -0.25) is 19.3 Å². The summed E-state index contributed by atoms with van der Waals surface area (Å²) in [6.45, 7) is 5.19. The van der Waals surface area contributed by atoms with E-state index in [1.807, 2.05) is 36.4 Å². The number of para-hydroxylation sites is 1. The smallest absolute Gasteiger partial charge is 0.356 e. The number of likely N-dealkylation sites (N-methyl/N-ethyl adjacent to an activating group) is 1. The number of nitrogens with zero attached hydrogens (tertiary/aromatic N) is 2. The molecule has 2 heterocycles. The topological polar surface area (TPSA) is 96.0 Å². The zero-order valence-electron chi connectivity index (χ0n) is 20.9. The van der Waals surface area contributed by atoms with Gasteiger partial charge in [0.1, 0.15) is 22.7 Å². The Labute approximate surface area is 215 Å². The zero-order chi connectivity index (χ0) is 26.0. The Bertz CT molecular complexity index is 1170. The number of ether oxygens (including phenoxy) is 1. The molecule has 2 atom stereocenters. The highest BCUT2D eigenvalue weighted by Gasteiger charge is 2.55. The van der Waals surface area contributed by atoms with Crippen LogP contribution in [0.4, 0.5) is 5.69 Å². The Morgan fingerprint density at radius 3 is 2.53 bits per heavy atom. The molecule has 0 radical (unpaired) electrons. The van der Waals surface area contributed by atoms with Crippen molar-refractivity contribution >= 4 is 41.1 Å². The second-order valence-corrected chi connectivity index (χ2v) is 11.0. The summed E-state index contributed by atoms with van der Waals surface area (Å²) in [5.74, 6) is -1.56. The highest BCUT2D eigenvalue weighted by molar-refractivity contribution is 8.00. The number of rotatable bonds is 6. The van der Waals surface area contributed by atoms with Crippen LogP contribution in [0.25, 0.3) is 0 Å². The molecule has 0 bridgehead atoms. The molecule has 1 aromatic carbocycles. The van der Waals surface area contributed by atoms with Crippen LogP contribution in [0.3, 0.4) is 0 Å². The van der Waals surface area contributed by atoms with Gasteiger partial charge in [0, 0.05) is 24.9 Å². The van der Waals surface area contributed by atoms with Gasteiger partial charge in [0.15, 0.2) is 0 Å². The monoisotopic (exact) mass is 509 g/mol. The molecule has 8 nitrogen and oxygen atoms in total. The van der Waals surface area contributed by atoms with Crippen molar-refractivity contribution in [3.05, 3.63) is 65.4 Å². The Morgan fingerprint density at radius 1 is 1.17 bits per heavy atom. The molecule has 0 spiro atoms. The molecular formula is C27H31N3O5S. The van der Waals surface area contributed by atoms with Gasteiger partial charge in [-0.15, -0.1) is 11.8 Å². The van der Waals surface area contributed by atoms with Gasteiger partial charge in [0.2, 0.25) is 5.91 Å². The molecule has 190 valence electrons. The van der Waals surface area contributed by atoms with Crippen LogP contribution in [-0.4, -0.2) is 58.4 Å². The van der Waals surface area contributed by atoms with Gasteiger partial charge >= 0.3 is 5.97 Å². The number of thioether (sulfide) groups is 1. The van der Waals surface area contributed by atoms with Crippen molar-refractivity contribution in [2.24, 2.45) is 0 Å². The van der Waals surface area contributed by atoms with Crippen molar-refractivity contribution in [3.8, 4) is 0 Å². The highest BCUT2D eigenvalue weighted by Crippen LogP contribution is 2.41. The molecule has 3 amide bonds. The average molecular weight is 510 g/mol. The minimum Gasteiger partial charge on any atom is -0.455 e. The lowest BCUT2D eigenvalue weighted by Gasteiger charge is -2.50. The van der Waals surface area contributed by atoms with Gasteiger partial charge in [-0.25, -0.2) is 4.79 Å². The number of carbonyl (C=O) groups excluding carboxylic acids is 4. The molecule has 9 heteroatoms. The van der Waals surface area contributed by atoms with Gasteiger partial charge in [0.25, 0.3) is 11.8 Å². The van der Waals surface area contributed by atoms with Crippen LogP contribution in [0.5, 0.6) is 0 Å². The number of carbonyl (C=O) groups is 4. The maximum atomic E-state index is 13.5. The van der Waals surface area contributed by atoms with Gasteiger partial charge in [-0.1, -0.05) is 42.0 Å². The standard InChI is InChI=1S/C27H31N3O5S/c1-27(2,3)35-26(34)22-19(23(32)29(4)18-13-9-6-10-14-18)16-36-25-21(24(33)30(22)25)28-20(31)15-17-11-7-5-8-12-17/h5-7,9-10,12-14,21,25H,8,11,15-16H2,1-4H3,(H,28,31)/t21?,25-/m1/s1. The molecule has 1 fully saturated rings. The van der Waals surface area contributed by atoms with Crippen molar-refractivity contribution < 1.29 is 23.9 Å². The van der Waals surface area contributed by atoms with Crippen molar-refractivity contribution in [2.75, 3.05) is 17.7 Å². The summed E-state index contributed by atoms with van der Waals surface area (Å²) in [6, 6.07) is 8.32. The number of anilines is 1. The van der Waals surface area contributed by atoms with E-state index < -0.39 is 28.9 Å². The summed E-state index contributed by atoms with van der Waals surface area (Å²) >= 11 is 1.35. The van der Waals surface area contributed by atoms with Crippen LogP contribution in [0.2, 0.25) is 0 Å². The van der Waals surface area contributed by atoms with E-state index in [0.717, 1.165) is 18.4 Å². The lowest BCUT2D eigenvalue weighted by Crippen LogP contribution is -2.71. The number of fused-ring (bicyclic) bond motifs is 1. The lowest BCUT2D eigenvalue weighted by atomic mass is 10.00. The fourth-order valence-corrected chi connectivity index (χ4v) is 5.63. The third kappa shape index (κ3) is 5.41. The SMILES string of the molecule is CN(C(=O)C1=C(C(=O)OC(C)(C)C)N2C(=O)C(NC(=O)CC3=CCC=CC3)[C@H]2SC1)c1ccccc1. The van der Waals surface area contributed by atoms with E-state index in [9.17, 15) is 19.2 Å². The van der Waals surface area contributed by atoms with Crippen molar-refractivity contribution in [2.45, 2.75) is 57.1 Å². The number of hydrogen-bond donors (Lipinski definition) is 1. The third-order valence-corrected chi connectivity index (χ3v) is 7.34. The van der Waals surface area contributed by atoms with E-state index in [2.05, 4.69) is 5.32 Å². The van der Waals surface area contributed by atoms with E-state index in [4.69, 9.17) is 4.74 Å². The van der Waals surface area contributed by atoms with E-state index in [1.54, 1.807) is 40.0 Å². The van der Waals surface area contributed by atoms with Crippen LogP contribution in [0.15, 0.2) is 65.4 Å². The molecule has 0 saturated carbocycles. The predicted molar refractivity (Wildman–Crippen MR) is 139 cm³/mol. The maximum Gasteiger partial charge on any atom is 0.356 e. The Hall–Kier alpha value is -3.33. The minimum atomic E-state index is -0.812. The Kier molecular flexibility index (Phi) is 7.40. The van der Waals surface area contributed by atoms with E-state index in [1.165, 1.54) is 21.6 Å². The van der Waals surface area contributed by atoms with E-state index in [0.29, 0.717) is 5.69 Å². The summed E-state index contributed by atoms with van der Waals surface area (Å²) < 4.78 is 5.59. The number of amides is 3. The Morgan fingerprint density at radius 2 is 1.89 bits per heavy atom. The number of benzene rings is 1. The number of β-lactam (4-membered cyclic amide) rings is 1. The van der Waals surface area contributed by atoms with Gasteiger partial charge in [-0.05, 0) is 45.7 Å². The summed E-state index contributed by atoms with van der Waals surface area (Å²) in [5, 5.41) is 2.34. The van der Waals surface area contributed by atoms with Crippen LogP contribution in [0, 0.1) is 0 Å². The van der Waals surface area contributed by atoms with E-state index in [-0.39, 0.29) is 35.3 Å².